The van der Waals surface area contributed by atoms with Gasteiger partial charge in [0.2, 0.25) is 11.0 Å². The largest absolute Gasteiger partial charge is 0.299 e. The molecule has 1 saturated heterocycles. The number of hydrogen-bond donors (Lipinski definition) is 1. The first-order valence-electron chi connectivity index (χ1n) is 9.42. The highest BCUT2D eigenvalue weighted by molar-refractivity contribution is 8.26. The Kier molecular flexibility index (Phi) is 7.52. The molecular weight excluding hydrogens is 436 g/mol. The van der Waals surface area contributed by atoms with E-state index in [9.17, 15) is 9.59 Å². The number of carbonyl (C=O) groups excluding carboxylic acids is 2. The van der Waals surface area contributed by atoms with Crippen LogP contribution >= 0.6 is 35.3 Å². The summed E-state index contributed by atoms with van der Waals surface area (Å²) >= 11 is 7.86. The maximum Gasteiger partial charge on any atom is 0.266 e. The van der Waals surface area contributed by atoms with Crippen LogP contribution in [0.5, 0.6) is 0 Å². The molecule has 1 aromatic carbocycles. The molecule has 0 bridgehead atoms. The van der Waals surface area contributed by atoms with E-state index in [1.165, 1.54) is 28.0 Å². The normalized spacial score (nSPS) is 16.1. The first-order chi connectivity index (χ1) is 14.3. The predicted octanol–water partition coefficient (Wildman–Crippen LogP) is 4.52. The van der Waals surface area contributed by atoms with Gasteiger partial charge in [-0.25, -0.2) is 0 Å². The Labute approximate surface area is 189 Å². The van der Waals surface area contributed by atoms with Crippen molar-refractivity contribution in [2.45, 2.75) is 27.2 Å². The van der Waals surface area contributed by atoms with Gasteiger partial charge in [0.1, 0.15) is 15.9 Å². The quantitative estimate of drug-likeness (QED) is 0.486. The molecule has 2 amide bonds. The summed E-state index contributed by atoms with van der Waals surface area (Å²) in [5.41, 5.74) is 1.98. The minimum absolute atomic E-state index is 0.150. The summed E-state index contributed by atoms with van der Waals surface area (Å²) in [6, 6.07) is 9.86. The number of aromatic nitrogens is 2. The predicted molar refractivity (Wildman–Crippen MR) is 127 cm³/mol. The van der Waals surface area contributed by atoms with Crippen molar-refractivity contribution in [2.75, 3.05) is 11.9 Å². The van der Waals surface area contributed by atoms with E-state index in [1.54, 1.807) is 6.08 Å². The van der Waals surface area contributed by atoms with Crippen LogP contribution in [0, 0.1) is 5.92 Å². The second-order valence-corrected chi connectivity index (χ2v) is 9.95. The molecule has 30 heavy (non-hydrogen) atoms. The average molecular weight is 459 g/mol. The number of hydrogen-bond acceptors (Lipinski definition) is 7. The summed E-state index contributed by atoms with van der Waals surface area (Å²) in [6.45, 7) is 5.97. The highest BCUT2D eigenvalue weighted by Gasteiger charge is 2.33. The van der Waals surface area contributed by atoms with Gasteiger partial charge < -0.3 is 0 Å². The highest BCUT2D eigenvalue weighted by atomic mass is 32.2. The number of thioether (sulfide) groups is 1. The summed E-state index contributed by atoms with van der Waals surface area (Å²) in [4.78, 5) is 26.9. The number of allylic oxidation sites excluding steroid dienone is 2. The molecule has 2 aromatic rings. The van der Waals surface area contributed by atoms with Crippen LogP contribution in [0.1, 0.15) is 31.3 Å². The van der Waals surface area contributed by atoms with Gasteiger partial charge in [-0.1, -0.05) is 85.6 Å². The topological polar surface area (TPSA) is 75.2 Å². The molecule has 0 radical (unpaired) electrons. The van der Waals surface area contributed by atoms with Crippen molar-refractivity contribution in [2.24, 2.45) is 5.92 Å². The second kappa shape index (κ2) is 10.1. The molecule has 0 aliphatic carbocycles. The fourth-order valence-corrected chi connectivity index (χ4v) is 5.01. The molecule has 1 fully saturated rings. The minimum Gasteiger partial charge on any atom is -0.299 e. The Morgan fingerprint density at radius 3 is 2.70 bits per heavy atom. The lowest BCUT2D eigenvalue weighted by atomic mass is 10.1. The fraction of sp³-hybridized carbons (Fsp3) is 0.286. The fourth-order valence-electron chi connectivity index (χ4n) is 2.74. The summed E-state index contributed by atoms with van der Waals surface area (Å²) in [5, 5.41) is 12.1. The van der Waals surface area contributed by atoms with E-state index in [-0.39, 0.29) is 18.4 Å². The molecule has 9 heteroatoms. The van der Waals surface area contributed by atoms with Crippen LogP contribution < -0.4 is 5.32 Å². The third-order valence-corrected chi connectivity index (χ3v) is 6.26. The monoisotopic (exact) mass is 458 g/mol. The van der Waals surface area contributed by atoms with E-state index in [1.807, 2.05) is 43.3 Å². The van der Waals surface area contributed by atoms with Crippen molar-refractivity contribution < 1.29 is 9.59 Å². The Balaban J connectivity index is 1.62. The first kappa shape index (κ1) is 22.3. The zero-order chi connectivity index (χ0) is 21.7. The van der Waals surface area contributed by atoms with Crippen LogP contribution in [0.25, 0.3) is 6.08 Å². The van der Waals surface area contributed by atoms with Gasteiger partial charge in [-0.15, -0.1) is 10.2 Å². The molecule has 3 rings (SSSR count). The Morgan fingerprint density at radius 2 is 2.00 bits per heavy atom. The van der Waals surface area contributed by atoms with Crippen LogP contribution in [-0.4, -0.2) is 37.8 Å². The van der Waals surface area contributed by atoms with Gasteiger partial charge in [0, 0.05) is 6.42 Å². The summed E-state index contributed by atoms with van der Waals surface area (Å²) < 4.78 is 0.367. The number of anilines is 1. The van der Waals surface area contributed by atoms with Crippen molar-refractivity contribution in [1.82, 2.24) is 15.1 Å². The Hall–Kier alpha value is -2.36. The number of rotatable bonds is 7. The maximum atomic E-state index is 12.7. The number of amides is 2. The standard InChI is InChI=1S/C21H22N4O2S3/c1-13(2)9-18-23-24-20(30-18)22-17(26)12-25-19(27)16(29-21(25)28)11-14(3)10-15-7-5-4-6-8-15/h4-8,10-11,13H,9,12H2,1-3H3,(H,22,24,26). The first-order valence-corrected chi connectivity index (χ1v) is 11.5. The second-order valence-electron chi connectivity index (χ2n) is 7.21. The lowest BCUT2D eigenvalue weighted by molar-refractivity contribution is -0.126. The van der Waals surface area contributed by atoms with E-state index in [0.29, 0.717) is 20.3 Å². The van der Waals surface area contributed by atoms with E-state index < -0.39 is 0 Å². The number of nitrogens with zero attached hydrogens (tertiary/aromatic N) is 3. The molecule has 156 valence electrons. The average Bonchev–Trinajstić information content (AvgIpc) is 3.21. The summed E-state index contributed by atoms with van der Waals surface area (Å²) in [6.07, 6.45) is 4.60. The third kappa shape index (κ3) is 6.07. The molecule has 0 atom stereocenters. The van der Waals surface area contributed by atoms with Gasteiger partial charge in [-0.3, -0.25) is 19.8 Å². The molecule has 0 unspecified atom stereocenters. The summed E-state index contributed by atoms with van der Waals surface area (Å²) in [5.74, 6) is -0.155. The molecular formula is C21H22N4O2S3. The lowest BCUT2D eigenvalue weighted by Gasteiger charge is -2.13. The molecule has 6 nitrogen and oxygen atoms in total. The lowest BCUT2D eigenvalue weighted by Crippen LogP contribution is -2.36. The zero-order valence-electron chi connectivity index (χ0n) is 16.9. The van der Waals surface area contributed by atoms with E-state index in [4.69, 9.17) is 12.2 Å². The number of benzene rings is 1. The van der Waals surface area contributed by atoms with Gasteiger partial charge in [0.05, 0.1) is 4.91 Å². The maximum absolute atomic E-state index is 12.7. The van der Waals surface area contributed by atoms with Gasteiger partial charge >= 0.3 is 0 Å². The molecule has 2 heterocycles. The van der Waals surface area contributed by atoms with Crippen LogP contribution in [0.4, 0.5) is 5.13 Å². The Morgan fingerprint density at radius 1 is 1.27 bits per heavy atom. The van der Waals surface area contributed by atoms with Crippen LogP contribution in [-0.2, 0) is 16.0 Å². The molecule has 1 aromatic heterocycles. The number of carbonyl (C=O) groups is 2. The molecule has 1 N–H and O–H groups in total. The molecule has 1 aliphatic rings. The zero-order valence-corrected chi connectivity index (χ0v) is 19.4. The van der Waals surface area contributed by atoms with Crippen LogP contribution in [0.3, 0.4) is 0 Å². The molecule has 0 spiro atoms. The highest BCUT2D eigenvalue weighted by Crippen LogP contribution is 2.32. The SMILES string of the molecule is CC(=Cc1ccccc1)C=C1SC(=S)N(CC(=O)Nc2nnc(CC(C)C)s2)C1=O. The summed E-state index contributed by atoms with van der Waals surface area (Å²) in [7, 11) is 0. The number of thiocarbonyl (C=S) groups is 1. The van der Waals surface area contributed by atoms with Crippen molar-refractivity contribution in [1.29, 1.82) is 0 Å². The van der Waals surface area contributed by atoms with Gasteiger partial charge in [0.15, 0.2) is 0 Å². The van der Waals surface area contributed by atoms with Crippen LogP contribution in [0.15, 0.2) is 46.9 Å². The number of nitrogens with one attached hydrogen (secondary N) is 1. The molecule has 0 saturated carbocycles. The van der Waals surface area contributed by atoms with E-state index >= 15 is 0 Å². The van der Waals surface area contributed by atoms with Crippen LogP contribution in [0.2, 0.25) is 0 Å². The van der Waals surface area contributed by atoms with Crippen molar-refractivity contribution in [3.8, 4) is 0 Å². The van der Waals surface area contributed by atoms with E-state index in [0.717, 1.165) is 22.6 Å². The van der Waals surface area contributed by atoms with Crippen molar-refractivity contribution >= 4 is 62.7 Å². The van der Waals surface area contributed by atoms with Gasteiger partial charge in [-0.05, 0) is 30.1 Å². The Bertz CT molecular complexity index is 1010. The smallest absolute Gasteiger partial charge is 0.266 e. The third-order valence-electron chi connectivity index (χ3n) is 4.02. The molecule has 1 aliphatic heterocycles. The van der Waals surface area contributed by atoms with Gasteiger partial charge in [-0.2, -0.15) is 0 Å². The van der Waals surface area contributed by atoms with Crippen molar-refractivity contribution in [3.05, 3.63) is 57.5 Å². The van der Waals surface area contributed by atoms with E-state index in [2.05, 4.69) is 29.4 Å². The minimum atomic E-state index is -0.351. The van der Waals surface area contributed by atoms with Crippen molar-refractivity contribution in [3.63, 3.8) is 0 Å². The van der Waals surface area contributed by atoms with Gasteiger partial charge in [0.25, 0.3) is 5.91 Å².